The highest BCUT2D eigenvalue weighted by molar-refractivity contribution is 5.30. The minimum atomic E-state index is -4.64. The molecule has 0 saturated carbocycles. The summed E-state index contributed by atoms with van der Waals surface area (Å²) in [6.45, 7) is 2.12. The van der Waals surface area contributed by atoms with E-state index in [1.807, 2.05) is 13.1 Å². The summed E-state index contributed by atoms with van der Waals surface area (Å²) in [6.07, 6.45) is -0.452. The minimum Gasteiger partial charge on any atom is -0.406 e. The van der Waals surface area contributed by atoms with Crippen molar-refractivity contribution in [2.24, 2.45) is 0 Å². The molecule has 1 rings (SSSR count). The SMILES string of the molecule is CCCCCC(NC)c1cccc(OC(F)(F)F)c1. The summed E-state index contributed by atoms with van der Waals surface area (Å²) in [7, 11) is 1.81. The van der Waals surface area contributed by atoms with Crippen LogP contribution in [0.5, 0.6) is 5.75 Å². The number of alkyl halides is 3. The third-order valence-corrected chi connectivity index (χ3v) is 2.94. The van der Waals surface area contributed by atoms with Gasteiger partial charge < -0.3 is 10.1 Å². The van der Waals surface area contributed by atoms with E-state index in [2.05, 4.69) is 17.0 Å². The van der Waals surface area contributed by atoms with Crippen molar-refractivity contribution in [1.82, 2.24) is 5.32 Å². The molecule has 0 aromatic heterocycles. The van der Waals surface area contributed by atoms with Gasteiger partial charge in [0.2, 0.25) is 0 Å². The molecule has 1 unspecified atom stereocenters. The van der Waals surface area contributed by atoms with E-state index in [0.29, 0.717) is 0 Å². The molecule has 0 fully saturated rings. The predicted molar refractivity (Wildman–Crippen MR) is 69.1 cm³/mol. The number of hydrogen-bond donors (Lipinski definition) is 1. The molecular weight excluding hydrogens is 255 g/mol. The molecule has 0 saturated heterocycles. The average Bonchev–Trinajstić information content (AvgIpc) is 2.33. The lowest BCUT2D eigenvalue weighted by Gasteiger charge is -2.18. The Balaban J connectivity index is 2.72. The Kier molecular flexibility index (Phi) is 6.15. The zero-order valence-corrected chi connectivity index (χ0v) is 11.3. The van der Waals surface area contributed by atoms with Gasteiger partial charge in [0.25, 0.3) is 0 Å². The first kappa shape index (κ1) is 15.8. The van der Waals surface area contributed by atoms with Crippen LogP contribution in [-0.2, 0) is 0 Å². The van der Waals surface area contributed by atoms with Gasteiger partial charge in [-0.3, -0.25) is 0 Å². The smallest absolute Gasteiger partial charge is 0.406 e. The number of halogens is 3. The topological polar surface area (TPSA) is 21.3 Å². The van der Waals surface area contributed by atoms with E-state index in [1.54, 1.807) is 6.07 Å². The van der Waals surface area contributed by atoms with Crippen molar-refractivity contribution in [2.45, 2.75) is 45.0 Å². The molecule has 108 valence electrons. The zero-order valence-electron chi connectivity index (χ0n) is 11.3. The van der Waals surface area contributed by atoms with Gasteiger partial charge in [-0.05, 0) is 31.2 Å². The summed E-state index contributed by atoms with van der Waals surface area (Å²) in [5.41, 5.74) is 0.820. The van der Waals surface area contributed by atoms with Gasteiger partial charge in [-0.2, -0.15) is 0 Å². The summed E-state index contributed by atoms with van der Waals surface area (Å²) in [6, 6.07) is 6.22. The van der Waals surface area contributed by atoms with Crippen LogP contribution in [0.25, 0.3) is 0 Å². The highest BCUT2D eigenvalue weighted by atomic mass is 19.4. The molecule has 2 nitrogen and oxygen atoms in total. The zero-order chi connectivity index (χ0) is 14.3. The number of unbranched alkanes of at least 4 members (excludes halogenated alkanes) is 2. The molecule has 1 aromatic carbocycles. The number of rotatable bonds is 7. The number of ether oxygens (including phenoxy) is 1. The van der Waals surface area contributed by atoms with E-state index in [1.165, 1.54) is 12.1 Å². The van der Waals surface area contributed by atoms with Gasteiger partial charge in [0.15, 0.2) is 0 Å². The largest absolute Gasteiger partial charge is 0.573 e. The molecular formula is C14H20F3NO. The van der Waals surface area contributed by atoms with Crippen LogP contribution in [0.15, 0.2) is 24.3 Å². The van der Waals surface area contributed by atoms with Gasteiger partial charge >= 0.3 is 6.36 Å². The van der Waals surface area contributed by atoms with Crippen molar-refractivity contribution >= 4 is 0 Å². The molecule has 1 atom stereocenters. The Hall–Kier alpha value is -1.23. The minimum absolute atomic E-state index is 0.0586. The fourth-order valence-electron chi connectivity index (χ4n) is 2.00. The second kappa shape index (κ2) is 7.38. The van der Waals surface area contributed by atoms with Crippen LogP contribution >= 0.6 is 0 Å². The molecule has 0 aliphatic rings. The molecule has 0 aliphatic heterocycles. The number of nitrogens with one attached hydrogen (secondary N) is 1. The van der Waals surface area contributed by atoms with Crippen molar-refractivity contribution in [3.05, 3.63) is 29.8 Å². The highest BCUT2D eigenvalue weighted by Crippen LogP contribution is 2.27. The van der Waals surface area contributed by atoms with Crippen LogP contribution in [-0.4, -0.2) is 13.4 Å². The van der Waals surface area contributed by atoms with Gasteiger partial charge in [-0.25, -0.2) is 0 Å². The van der Waals surface area contributed by atoms with Crippen LogP contribution in [0.1, 0.15) is 44.2 Å². The third-order valence-electron chi connectivity index (χ3n) is 2.94. The van der Waals surface area contributed by atoms with E-state index in [9.17, 15) is 13.2 Å². The fourth-order valence-corrected chi connectivity index (χ4v) is 2.00. The van der Waals surface area contributed by atoms with Crippen LogP contribution < -0.4 is 10.1 Å². The second-order valence-electron chi connectivity index (χ2n) is 4.46. The second-order valence-corrected chi connectivity index (χ2v) is 4.46. The normalized spacial score (nSPS) is 13.3. The monoisotopic (exact) mass is 275 g/mol. The fraction of sp³-hybridized carbons (Fsp3) is 0.571. The summed E-state index contributed by atoms with van der Waals surface area (Å²) >= 11 is 0. The predicted octanol–water partition coefficient (Wildman–Crippen LogP) is 4.43. The lowest BCUT2D eigenvalue weighted by atomic mass is 10.0. The number of benzene rings is 1. The van der Waals surface area contributed by atoms with Crippen LogP contribution in [0.2, 0.25) is 0 Å². The van der Waals surface area contributed by atoms with Crippen molar-refractivity contribution in [3.63, 3.8) is 0 Å². The Morgan fingerprint density at radius 3 is 2.58 bits per heavy atom. The van der Waals surface area contributed by atoms with Crippen molar-refractivity contribution in [1.29, 1.82) is 0 Å². The molecule has 1 N–H and O–H groups in total. The van der Waals surface area contributed by atoms with Gasteiger partial charge in [-0.1, -0.05) is 38.3 Å². The molecule has 1 aromatic rings. The van der Waals surface area contributed by atoms with Gasteiger partial charge in [-0.15, -0.1) is 13.2 Å². The standard InChI is InChI=1S/C14H20F3NO/c1-3-4-5-9-13(18-2)11-7-6-8-12(10-11)19-14(15,16)17/h6-8,10,13,18H,3-5,9H2,1-2H3. The Bertz CT molecular complexity index is 379. The molecule has 5 heteroatoms. The molecule has 0 radical (unpaired) electrons. The molecule has 0 spiro atoms. The van der Waals surface area contributed by atoms with Gasteiger partial charge in [0.05, 0.1) is 0 Å². The maximum Gasteiger partial charge on any atom is 0.573 e. The lowest BCUT2D eigenvalue weighted by molar-refractivity contribution is -0.274. The van der Waals surface area contributed by atoms with Crippen molar-refractivity contribution in [3.8, 4) is 5.75 Å². The molecule has 0 aliphatic carbocycles. The quantitative estimate of drug-likeness (QED) is 0.743. The van der Waals surface area contributed by atoms with E-state index in [4.69, 9.17) is 0 Å². The summed E-state index contributed by atoms with van der Waals surface area (Å²) in [4.78, 5) is 0. The van der Waals surface area contributed by atoms with Gasteiger partial charge in [0, 0.05) is 6.04 Å². The van der Waals surface area contributed by atoms with E-state index >= 15 is 0 Å². The Morgan fingerprint density at radius 1 is 1.26 bits per heavy atom. The molecule has 19 heavy (non-hydrogen) atoms. The van der Waals surface area contributed by atoms with E-state index < -0.39 is 6.36 Å². The molecule has 0 amide bonds. The summed E-state index contributed by atoms with van der Waals surface area (Å²) in [5, 5.41) is 3.13. The average molecular weight is 275 g/mol. The summed E-state index contributed by atoms with van der Waals surface area (Å²) < 4.78 is 40.4. The number of hydrogen-bond acceptors (Lipinski definition) is 2. The highest BCUT2D eigenvalue weighted by Gasteiger charge is 2.31. The van der Waals surface area contributed by atoms with Crippen LogP contribution in [0.3, 0.4) is 0 Å². The van der Waals surface area contributed by atoms with Crippen LogP contribution in [0.4, 0.5) is 13.2 Å². The first-order chi connectivity index (χ1) is 8.96. The third kappa shape index (κ3) is 5.96. The van der Waals surface area contributed by atoms with Crippen molar-refractivity contribution in [2.75, 3.05) is 7.05 Å². The van der Waals surface area contributed by atoms with Crippen LogP contribution in [0, 0.1) is 0 Å². The molecule has 0 bridgehead atoms. The van der Waals surface area contributed by atoms with E-state index in [0.717, 1.165) is 31.2 Å². The maximum atomic E-state index is 12.2. The molecule has 0 heterocycles. The van der Waals surface area contributed by atoms with Gasteiger partial charge in [0.1, 0.15) is 5.75 Å². The Morgan fingerprint density at radius 2 is 2.00 bits per heavy atom. The lowest BCUT2D eigenvalue weighted by Crippen LogP contribution is -2.19. The summed E-state index contributed by atoms with van der Waals surface area (Å²) in [5.74, 6) is -0.166. The van der Waals surface area contributed by atoms with Crippen molar-refractivity contribution < 1.29 is 17.9 Å². The first-order valence-corrected chi connectivity index (χ1v) is 6.49. The first-order valence-electron chi connectivity index (χ1n) is 6.49. The maximum absolute atomic E-state index is 12.2. The van der Waals surface area contributed by atoms with E-state index in [-0.39, 0.29) is 11.8 Å². The Labute approximate surface area is 112 Å².